The maximum absolute atomic E-state index is 12.2. The lowest BCUT2D eigenvalue weighted by molar-refractivity contribution is -0.145. The van der Waals surface area contributed by atoms with E-state index in [1.54, 1.807) is 6.92 Å². The molecule has 1 saturated carbocycles. The van der Waals surface area contributed by atoms with Gasteiger partial charge < -0.3 is 20.4 Å². The number of rotatable bonds is 2. The van der Waals surface area contributed by atoms with E-state index in [-0.39, 0.29) is 12.6 Å². The summed E-state index contributed by atoms with van der Waals surface area (Å²) in [6, 6.07) is -0.373. The molecular weight excluding hydrogens is 248 g/mol. The highest BCUT2D eigenvalue weighted by molar-refractivity contribution is 5.86. The summed E-state index contributed by atoms with van der Waals surface area (Å²) in [7, 11) is 0. The van der Waals surface area contributed by atoms with Crippen LogP contribution in [0.5, 0.6) is 0 Å². The summed E-state index contributed by atoms with van der Waals surface area (Å²) >= 11 is 0. The van der Waals surface area contributed by atoms with Crippen LogP contribution in [0.3, 0.4) is 0 Å². The minimum absolute atomic E-state index is 0.258. The first-order valence-corrected chi connectivity index (χ1v) is 6.88. The van der Waals surface area contributed by atoms with E-state index in [1.807, 2.05) is 0 Å². The summed E-state index contributed by atoms with van der Waals surface area (Å²) in [5.41, 5.74) is -1.98. The first kappa shape index (κ1) is 14.1. The van der Waals surface area contributed by atoms with Crippen molar-refractivity contribution in [1.29, 1.82) is 0 Å². The van der Waals surface area contributed by atoms with Crippen LogP contribution >= 0.6 is 0 Å². The molecule has 1 aliphatic heterocycles. The predicted octanol–water partition coefficient (Wildman–Crippen LogP) is 0.940. The Kier molecular flexibility index (Phi) is 3.71. The van der Waals surface area contributed by atoms with Gasteiger partial charge in [0.2, 0.25) is 0 Å². The van der Waals surface area contributed by atoms with Crippen LogP contribution in [0.1, 0.15) is 45.4 Å². The summed E-state index contributed by atoms with van der Waals surface area (Å²) in [6.45, 7) is 2.41. The van der Waals surface area contributed by atoms with Crippen LogP contribution in [-0.4, -0.2) is 51.3 Å². The van der Waals surface area contributed by atoms with Gasteiger partial charge in [0.05, 0.1) is 12.1 Å². The van der Waals surface area contributed by atoms with Gasteiger partial charge in [0, 0.05) is 6.54 Å². The highest BCUT2D eigenvalue weighted by Crippen LogP contribution is 2.29. The van der Waals surface area contributed by atoms with E-state index >= 15 is 0 Å². The fourth-order valence-corrected chi connectivity index (χ4v) is 2.95. The summed E-state index contributed by atoms with van der Waals surface area (Å²) in [5, 5.41) is 21.9. The Morgan fingerprint density at radius 1 is 1.16 bits per heavy atom. The topological polar surface area (TPSA) is 89.9 Å². The van der Waals surface area contributed by atoms with Crippen molar-refractivity contribution in [3.63, 3.8) is 0 Å². The van der Waals surface area contributed by atoms with E-state index in [2.05, 4.69) is 5.32 Å². The zero-order chi connectivity index (χ0) is 14.1. The molecule has 1 heterocycles. The third kappa shape index (κ3) is 3.00. The molecule has 1 saturated heterocycles. The highest BCUT2D eigenvalue weighted by Gasteiger charge is 2.43. The SMILES string of the molecule is CC1(O)CCN(C(=O)NC2(C(=O)O)CCCCC2)C1. The number of carboxylic acid groups (broad SMARTS) is 1. The molecule has 19 heavy (non-hydrogen) atoms. The van der Waals surface area contributed by atoms with Gasteiger partial charge in [-0.15, -0.1) is 0 Å². The lowest BCUT2D eigenvalue weighted by Crippen LogP contribution is -2.58. The normalized spacial score (nSPS) is 30.1. The minimum Gasteiger partial charge on any atom is -0.480 e. The fourth-order valence-electron chi connectivity index (χ4n) is 2.95. The predicted molar refractivity (Wildman–Crippen MR) is 68.8 cm³/mol. The lowest BCUT2D eigenvalue weighted by atomic mass is 9.82. The maximum atomic E-state index is 12.2. The van der Waals surface area contributed by atoms with Crippen LogP contribution in [0.2, 0.25) is 0 Å². The average Bonchev–Trinajstić information content (AvgIpc) is 2.71. The van der Waals surface area contributed by atoms with Gasteiger partial charge in [-0.05, 0) is 26.2 Å². The Hall–Kier alpha value is -1.30. The van der Waals surface area contributed by atoms with Crippen molar-refractivity contribution in [2.24, 2.45) is 0 Å². The summed E-state index contributed by atoms with van der Waals surface area (Å²) in [4.78, 5) is 25.1. The standard InChI is InChI=1S/C13H22N2O4/c1-12(19)7-8-15(9-12)11(18)14-13(10(16)17)5-3-2-4-6-13/h19H,2-9H2,1H3,(H,14,18)(H,16,17). The maximum Gasteiger partial charge on any atom is 0.329 e. The number of β-amino-alcohol motifs (C(OH)–C–C–N with tert-alkyl or cyclic N) is 1. The zero-order valence-electron chi connectivity index (χ0n) is 11.3. The molecule has 0 aromatic carbocycles. The number of urea groups is 1. The van der Waals surface area contributed by atoms with Crippen LogP contribution in [0.4, 0.5) is 4.79 Å². The fraction of sp³-hybridized carbons (Fsp3) is 0.846. The van der Waals surface area contributed by atoms with Crippen LogP contribution in [0, 0.1) is 0 Å². The van der Waals surface area contributed by atoms with Crippen molar-refractivity contribution in [2.75, 3.05) is 13.1 Å². The van der Waals surface area contributed by atoms with Gasteiger partial charge in [-0.25, -0.2) is 9.59 Å². The van der Waals surface area contributed by atoms with E-state index in [0.717, 1.165) is 19.3 Å². The highest BCUT2D eigenvalue weighted by atomic mass is 16.4. The summed E-state index contributed by atoms with van der Waals surface area (Å²) < 4.78 is 0. The van der Waals surface area contributed by atoms with Crippen molar-refractivity contribution in [1.82, 2.24) is 10.2 Å². The number of aliphatic carboxylic acids is 1. The van der Waals surface area contributed by atoms with Crippen LogP contribution in [0.15, 0.2) is 0 Å². The molecule has 2 rings (SSSR count). The third-order valence-electron chi connectivity index (χ3n) is 4.20. The summed E-state index contributed by atoms with van der Waals surface area (Å²) in [5.74, 6) is -0.952. The second-order valence-electron chi connectivity index (χ2n) is 6.05. The van der Waals surface area contributed by atoms with E-state index in [4.69, 9.17) is 0 Å². The van der Waals surface area contributed by atoms with Gasteiger partial charge in [-0.2, -0.15) is 0 Å². The second kappa shape index (κ2) is 5.00. The number of carboxylic acids is 1. The molecule has 3 N–H and O–H groups in total. The number of nitrogens with one attached hydrogen (secondary N) is 1. The van der Waals surface area contributed by atoms with E-state index < -0.39 is 17.1 Å². The average molecular weight is 270 g/mol. The summed E-state index contributed by atoms with van der Waals surface area (Å²) in [6.07, 6.45) is 4.16. The molecule has 1 atom stereocenters. The number of likely N-dealkylation sites (tertiary alicyclic amines) is 1. The lowest BCUT2D eigenvalue weighted by Gasteiger charge is -2.35. The van der Waals surface area contributed by atoms with E-state index in [1.165, 1.54) is 4.90 Å². The molecular formula is C13H22N2O4. The van der Waals surface area contributed by atoms with Crippen molar-refractivity contribution in [3.05, 3.63) is 0 Å². The third-order valence-corrected chi connectivity index (χ3v) is 4.20. The first-order valence-electron chi connectivity index (χ1n) is 6.88. The van der Waals surface area contributed by atoms with Gasteiger partial charge >= 0.3 is 12.0 Å². The molecule has 0 aromatic heterocycles. The molecule has 1 aliphatic carbocycles. The van der Waals surface area contributed by atoms with E-state index in [9.17, 15) is 19.8 Å². The number of amides is 2. The molecule has 0 bridgehead atoms. The van der Waals surface area contributed by atoms with Crippen LogP contribution < -0.4 is 5.32 Å². The quantitative estimate of drug-likeness (QED) is 0.696. The molecule has 0 spiro atoms. The van der Waals surface area contributed by atoms with Gasteiger partial charge in [0.15, 0.2) is 0 Å². The number of carbonyl (C=O) groups excluding carboxylic acids is 1. The molecule has 2 aliphatic rings. The first-order chi connectivity index (χ1) is 8.85. The molecule has 1 unspecified atom stereocenters. The number of hydrogen-bond donors (Lipinski definition) is 3. The Morgan fingerprint density at radius 3 is 2.26 bits per heavy atom. The molecule has 2 fully saturated rings. The smallest absolute Gasteiger partial charge is 0.329 e. The van der Waals surface area contributed by atoms with Crippen LogP contribution in [0.25, 0.3) is 0 Å². The molecule has 6 heteroatoms. The van der Waals surface area contributed by atoms with Crippen molar-refractivity contribution < 1.29 is 19.8 Å². The van der Waals surface area contributed by atoms with E-state index in [0.29, 0.717) is 25.8 Å². The largest absolute Gasteiger partial charge is 0.480 e. The minimum atomic E-state index is -1.12. The Balaban J connectivity index is 2.02. The van der Waals surface area contributed by atoms with Gasteiger partial charge in [0.1, 0.15) is 5.54 Å². The van der Waals surface area contributed by atoms with Gasteiger partial charge in [0.25, 0.3) is 0 Å². The number of carbonyl (C=O) groups is 2. The molecule has 2 amide bonds. The molecule has 108 valence electrons. The van der Waals surface area contributed by atoms with Gasteiger partial charge in [-0.3, -0.25) is 0 Å². The number of hydrogen-bond acceptors (Lipinski definition) is 3. The molecule has 6 nitrogen and oxygen atoms in total. The Morgan fingerprint density at radius 2 is 1.79 bits per heavy atom. The van der Waals surface area contributed by atoms with Crippen molar-refractivity contribution in [2.45, 2.75) is 56.6 Å². The van der Waals surface area contributed by atoms with Gasteiger partial charge in [-0.1, -0.05) is 19.3 Å². The number of aliphatic hydroxyl groups is 1. The molecule has 0 radical (unpaired) electrons. The Labute approximate surface area is 112 Å². The van der Waals surface area contributed by atoms with Crippen LogP contribution in [-0.2, 0) is 4.79 Å². The van der Waals surface area contributed by atoms with Crippen molar-refractivity contribution in [3.8, 4) is 0 Å². The monoisotopic (exact) mass is 270 g/mol. The zero-order valence-corrected chi connectivity index (χ0v) is 11.3. The Bertz CT molecular complexity index is 375. The molecule has 0 aromatic rings. The van der Waals surface area contributed by atoms with Crippen molar-refractivity contribution >= 4 is 12.0 Å². The number of nitrogens with zero attached hydrogens (tertiary/aromatic N) is 1. The second-order valence-corrected chi connectivity index (χ2v) is 6.05.